The van der Waals surface area contributed by atoms with Gasteiger partial charge >= 0.3 is 5.97 Å². The predicted molar refractivity (Wildman–Crippen MR) is 76.0 cm³/mol. The Morgan fingerprint density at radius 3 is 2.53 bits per heavy atom. The van der Waals surface area contributed by atoms with Crippen LogP contribution in [0.2, 0.25) is 0 Å². The van der Waals surface area contributed by atoms with Crippen molar-refractivity contribution >= 4 is 17.7 Å². The number of nitrogens with two attached hydrogens (primary N) is 1. The number of ether oxygens (including phenoxy) is 2. The fraction of sp³-hybridized carbons (Fsp3) is 0.462. The van der Waals surface area contributed by atoms with Crippen LogP contribution in [-0.4, -0.2) is 42.3 Å². The topological polar surface area (TPSA) is 81.8 Å². The van der Waals surface area contributed by atoms with Crippen LogP contribution in [-0.2, 0) is 4.79 Å². The summed E-state index contributed by atoms with van der Waals surface area (Å²) >= 11 is 1.63. The van der Waals surface area contributed by atoms with E-state index in [1.54, 1.807) is 18.9 Å². The second-order valence-electron chi connectivity index (χ2n) is 3.87. The number of carboxylic acid groups (broad SMARTS) is 1. The first-order valence-corrected chi connectivity index (χ1v) is 7.12. The molecular weight excluding hydrogens is 266 g/mol. The number of thioether (sulfide) groups is 1. The number of rotatable bonds is 9. The number of hydrogen-bond donors (Lipinski definition) is 2. The zero-order valence-corrected chi connectivity index (χ0v) is 11.7. The Balaban J connectivity index is 2.08. The molecule has 0 radical (unpaired) electrons. The van der Waals surface area contributed by atoms with Gasteiger partial charge in [0, 0.05) is 5.75 Å². The van der Waals surface area contributed by atoms with Crippen molar-refractivity contribution < 1.29 is 19.4 Å². The monoisotopic (exact) mass is 285 g/mol. The van der Waals surface area contributed by atoms with Crippen LogP contribution in [0, 0.1) is 0 Å². The number of aliphatic carboxylic acids is 1. The molecule has 0 bridgehead atoms. The Hall–Kier alpha value is -1.40. The summed E-state index contributed by atoms with van der Waals surface area (Å²) < 4.78 is 10.6. The minimum Gasteiger partial charge on any atom is -0.497 e. The average molecular weight is 285 g/mol. The Bertz CT molecular complexity index is 383. The van der Waals surface area contributed by atoms with E-state index in [2.05, 4.69) is 0 Å². The van der Waals surface area contributed by atoms with Gasteiger partial charge in [0.1, 0.15) is 17.5 Å². The van der Waals surface area contributed by atoms with Gasteiger partial charge in [-0.3, -0.25) is 4.79 Å². The third-order valence-corrected chi connectivity index (χ3v) is 3.43. The lowest BCUT2D eigenvalue weighted by Crippen LogP contribution is -2.30. The highest BCUT2D eigenvalue weighted by molar-refractivity contribution is 7.99. The summed E-state index contributed by atoms with van der Waals surface area (Å²) in [5.74, 6) is 2.17. The molecule has 1 aromatic carbocycles. The molecule has 1 unspecified atom stereocenters. The second-order valence-corrected chi connectivity index (χ2v) is 5.09. The fourth-order valence-corrected chi connectivity index (χ4v) is 2.15. The lowest BCUT2D eigenvalue weighted by atomic mass is 10.2. The van der Waals surface area contributed by atoms with E-state index in [-0.39, 0.29) is 0 Å². The summed E-state index contributed by atoms with van der Waals surface area (Å²) in [7, 11) is 1.62. The van der Waals surface area contributed by atoms with Gasteiger partial charge < -0.3 is 20.3 Å². The summed E-state index contributed by atoms with van der Waals surface area (Å²) in [5.41, 5.74) is 5.39. The first-order chi connectivity index (χ1) is 9.13. The molecule has 0 amide bonds. The Kier molecular flexibility index (Phi) is 7.14. The number of carboxylic acids is 1. The standard InChI is InChI=1S/C13H19NO4S/c1-17-10-2-4-11(5-3-10)18-7-9-19-8-6-12(14)13(15)16/h2-5,12H,6-9,14H2,1H3,(H,15,16). The van der Waals surface area contributed by atoms with Crippen LogP contribution >= 0.6 is 11.8 Å². The Morgan fingerprint density at radius 2 is 1.95 bits per heavy atom. The molecule has 0 aliphatic heterocycles. The molecule has 0 aliphatic rings. The Morgan fingerprint density at radius 1 is 1.32 bits per heavy atom. The molecule has 6 heteroatoms. The van der Waals surface area contributed by atoms with E-state index in [9.17, 15) is 4.79 Å². The van der Waals surface area contributed by atoms with Gasteiger partial charge in [0.2, 0.25) is 0 Å². The molecule has 1 atom stereocenters. The maximum Gasteiger partial charge on any atom is 0.320 e. The molecule has 5 nitrogen and oxygen atoms in total. The normalized spacial score (nSPS) is 11.9. The van der Waals surface area contributed by atoms with Gasteiger partial charge in [-0.15, -0.1) is 0 Å². The lowest BCUT2D eigenvalue weighted by molar-refractivity contribution is -0.138. The quantitative estimate of drug-likeness (QED) is 0.671. The van der Waals surface area contributed by atoms with Gasteiger partial charge in [0.15, 0.2) is 0 Å². The van der Waals surface area contributed by atoms with Crippen molar-refractivity contribution in [2.24, 2.45) is 5.73 Å². The molecule has 0 fully saturated rings. The molecule has 0 aliphatic carbocycles. The van der Waals surface area contributed by atoms with Gasteiger partial charge in [-0.1, -0.05) is 0 Å². The second kappa shape index (κ2) is 8.66. The minimum atomic E-state index is -0.949. The molecule has 0 aromatic heterocycles. The van der Waals surface area contributed by atoms with Crippen molar-refractivity contribution in [2.75, 3.05) is 25.2 Å². The van der Waals surface area contributed by atoms with Crippen LogP contribution in [0.1, 0.15) is 6.42 Å². The smallest absolute Gasteiger partial charge is 0.320 e. The van der Waals surface area contributed by atoms with Crippen molar-refractivity contribution in [3.63, 3.8) is 0 Å². The Labute approximate surface area is 117 Å². The molecule has 106 valence electrons. The molecule has 0 heterocycles. The molecule has 1 rings (SSSR count). The van der Waals surface area contributed by atoms with Crippen LogP contribution in [0.3, 0.4) is 0 Å². The highest BCUT2D eigenvalue weighted by Crippen LogP contribution is 2.17. The fourth-order valence-electron chi connectivity index (χ4n) is 1.33. The molecule has 0 spiro atoms. The highest BCUT2D eigenvalue weighted by Gasteiger charge is 2.09. The van der Waals surface area contributed by atoms with Crippen LogP contribution in [0.4, 0.5) is 0 Å². The molecular formula is C13H19NO4S. The summed E-state index contributed by atoms with van der Waals surface area (Å²) in [5, 5.41) is 8.61. The first-order valence-electron chi connectivity index (χ1n) is 5.96. The van der Waals surface area contributed by atoms with Crippen molar-refractivity contribution in [3.05, 3.63) is 24.3 Å². The first kappa shape index (κ1) is 15.7. The van der Waals surface area contributed by atoms with Gasteiger partial charge in [-0.25, -0.2) is 0 Å². The predicted octanol–water partition coefficient (Wildman–Crippen LogP) is 1.61. The van der Waals surface area contributed by atoms with E-state index in [1.807, 2.05) is 24.3 Å². The average Bonchev–Trinajstić information content (AvgIpc) is 2.42. The SMILES string of the molecule is COc1ccc(OCCSCCC(N)C(=O)O)cc1. The van der Waals surface area contributed by atoms with Crippen molar-refractivity contribution in [3.8, 4) is 11.5 Å². The van der Waals surface area contributed by atoms with E-state index in [0.29, 0.717) is 13.0 Å². The van der Waals surface area contributed by atoms with Gasteiger partial charge in [-0.05, 0) is 36.4 Å². The number of methoxy groups -OCH3 is 1. The van der Waals surface area contributed by atoms with E-state index in [4.69, 9.17) is 20.3 Å². The zero-order valence-electron chi connectivity index (χ0n) is 10.9. The van der Waals surface area contributed by atoms with Crippen molar-refractivity contribution in [1.29, 1.82) is 0 Å². The van der Waals surface area contributed by atoms with Gasteiger partial charge in [-0.2, -0.15) is 11.8 Å². The van der Waals surface area contributed by atoms with Gasteiger partial charge in [0.05, 0.1) is 13.7 Å². The largest absolute Gasteiger partial charge is 0.497 e. The minimum absolute atomic E-state index is 0.475. The third-order valence-electron chi connectivity index (χ3n) is 2.45. The summed E-state index contributed by atoms with van der Waals surface area (Å²) in [6, 6.07) is 6.62. The molecule has 0 saturated carbocycles. The van der Waals surface area contributed by atoms with E-state index >= 15 is 0 Å². The summed E-state index contributed by atoms with van der Waals surface area (Å²) in [4.78, 5) is 10.5. The van der Waals surface area contributed by atoms with Gasteiger partial charge in [0.25, 0.3) is 0 Å². The number of hydrogen-bond acceptors (Lipinski definition) is 5. The number of benzene rings is 1. The molecule has 0 saturated heterocycles. The maximum atomic E-state index is 10.5. The van der Waals surface area contributed by atoms with Crippen molar-refractivity contribution in [1.82, 2.24) is 0 Å². The number of carbonyl (C=O) groups is 1. The van der Waals surface area contributed by atoms with Crippen LogP contribution < -0.4 is 15.2 Å². The van der Waals surface area contributed by atoms with Crippen LogP contribution in [0.15, 0.2) is 24.3 Å². The molecule has 19 heavy (non-hydrogen) atoms. The third kappa shape index (κ3) is 6.35. The lowest BCUT2D eigenvalue weighted by Gasteiger charge is -2.08. The maximum absolute atomic E-state index is 10.5. The summed E-state index contributed by atoms with van der Waals surface area (Å²) in [6.07, 6.45) is 0.475. The van der Waals surface area contributed by atoms with E-state index < -0.39 is 12.0 Å². The zero-order chi connectivity index (χ0) is 14.1. The molecule has 1 aromatic rings. The molecule has 3 N–H and O–H groups in total. The highest BCUT2D eigenvalue weighted by atomic mass is 32.2. The van der Waals surface area contributed by atoms with Crippen LogP contribution in [0.25, 0.3) is 0 Å². The van der Waals surface area contributed by atoms with E-state index in [1.165, 1.54) is 0 Å². The summed E-state index contributed by atoms with van der Waals surface area (Å²) in [6.45, 7) is 0.583. The van der Waals surface area contributed by atoms with Crippen molar-refractivity contribution in [2.45, 2.75) is 12.5 Å². The van der Waals surface area contributed by atoms with Crippen LogP contribution in [0.5, 0.6) is 11.5 Å². The van der Waals surface area contributed by atoms with E-state index in [0.717, 1.165) is 23.0 Å².